The Kier molecular flexibility index (Phi) is 34.7. The number of hydrogen-bond donors (Lipinski definition) is 1. The van der Waals surface area contributed by atoms with Gasteiger partial charge in [0.25, 0.3) is 0 Å². The van der Waals surface area contributed by atoms with Crippen LogP contribution >= 0.6 is 16.5 Å². The zero-order valence-electron chi connectivity index (χ0n) is 8.40. The maximum absolute atomic E-state index is 9.29. The van der Waals surface area contributed by atoms with E-state index in [4.69, 9.17) is 5.11 Å². The minimum atomic E-state index is -3.51. The maximum Gasteiger partial charge on any atom is 1.00 e. The van der Waals surface area contributed by atoms with Crippen LogP contribution in [0.2, 0.25) is 0 Å². The van der Waals surface area contributed by atoms with E-state index >= 15 is 0 Å². The van der Waals surface area contributed by atoms with E-state index in [0.717, 1.165) is 5.57 Å². The monoisotopic (exact) mass is 294 g/mol. The van der Waals surface area contributed by atoms with Crippen molar-refractivity contribution >= 4 is 16.5 Å². The van der Waals surface area contributed by atoms with Crippen molar-refractivity contribution in [3.8, 4) is 0 Å². The van der Waals surface area contributed by atoms with Crippen molar-refractivity contribution in [2.75, 3.05) is 6.61 Å². The number of aliphatic hydroxyl groups is 1. The van der Waals surface area contributed by atoms with Crippen LogP contribution in [-0.2, 0) is 13.4 Å². The molecular weight excluding hydrogens is 284 g/mol. The molecule has 0 aromatic rings. The Hall–Kier alpha value is 3.31. The first kappa shape index (κ1) is 26.0. The van der Waals surface area contributed by atoms with Gasteiger partial charge in [0.05, 0.1) is 6.61 Å². The zero-order chi connectivity index (χ0) is 10.1. The molecule has 6 nitrogen and oxygen atoms in total. The molecule has 0 aromatic heterocycles. The van der Waals surface area contributed by atoms with Gasteiger partial charge in [-0.1, -0.05) is 12.2 Å². The first-order chi connectivity index (χ1) is 5.40. The van der Waals surface area contributed by atoms with Gasteiger partial charge in [0.15, 0.2) is 0 Å². The van der Waals surface area contributed by atoms with Crippen molar-refractivity contribution in [3.05, 3.63) is 12.2 Å². The molecule has 0 saturated heterocycles. The molecule has 0 amide bonds. The minimum absolute atomic E-state index is 0. The minimum Gasteiger partial charge on any atom is -0.781 e. The van der Waals surface area contributed by atoms with E-state index in [0.29, 0.717) is 0 Å². The van der Waals surface area contributed by atoms with E-state index in [1.165, 1.54) is 0 Å². The molecular formula is C4H10K2O6P2. The van der Waals surface area contributed by atoms with Crippen LogP contribution in [-0.4, -0.2) is 11.7 Å². The van der Waals surface area contributed by atoms with Gasteiger partial charge in [0.1, 0.15) is 16.5 Å². The third-order valence-corrected chi connectivity index (χ3v) is 1.77. The van der Waals surface area contributed by atoms with Gasteiger partial charge < -0.3 is 24.0 Å². The Labute approximate surface area is 169 Å². The average Bonchev–Trinajstić information content (AvgIpc) is 1.85. The normalized spacial score (nSPS) is 12.0. The molecule has 2 atom stereocenters. The third-order valence-electron chi connectivity index (χ3n) is 0.437. The van der Waals surface area contributed by atoms with Crippen LogP contribution in [0.15, 0.2) is 12.2 Å². The number of rotatable bonds is 3. The largest absolute Gasteiger partial charge is 1.00 e. The smallest absolute Gasteiger partial charge is 0.781 e. The van der Waals surface area contributed by atoms with Crippen LogP contribution in [0.25, 0.3) is 0 Å². The number of aliphatic hydroxyl groups excluding tert-OH is 1. The Bertz CT molecular complexity index is 175. The van der Waals surface area contributed by atoms with Crippen molar-refractivity contribution in [1.82, 2.24) is 0 Å². The summed E-state index contributed by atoms with van der Waals surface area (Å²) in [7, 11) is -7.03. The van der Waals surface area contributed by atoms with Gasteiger partial charge in [-0.2, -0.15) is 0 Å². The molecule has 14 heavy (non-hydrogen) atoms. The molecule has 0 rings (SSSR count). The predicted octanol–water partition coefficient (Wildman–Crippen LogP) is -6.93. The van der Waals surface area contributed by atoms with E-state index in [1.54, 1.807) is 6.92 Å². The maximum atomic E-state index is 9.29. The fourth-order valence-corrected chi connectivity index (χ4v) is 0.612. The Morgan fingerprint density at radius 1 is 1.36 bits per heavy atom. The second kappa shape index (κ2) is 18.7. The zero-order valence-corrected chi connectivity index (χ0v) is 16.6. The average molecular weight is 294 g/mol. The van der Waals surface area contributed by atoms with E-state index < -0.39 is 16.5 Å². The van der Waals surface area contributed by atoms with Crippen LogP contribution in [0.1, 0.15) is 6.92 Å². The Morgan fingerprint density at radius 2 is 1.57 bits per heavy atom. The van der Waals surface area contributed by atoms with Crippen molar-refractivity contribution < 1.29 is 131 Å². The summed E-state index contributed by atoms with van der Waals surface area (Å²) in [5.74, 6) is 0. The summed E-state index contributed by atoms with van der Waals surface area (Å²) in [4.78, 5) is 18.6. The predicted molar refractivity (Wildman–Crippen MR) is 41.0 cm³/mol. The van der Waals surface area contributed by atoms with E-state index in [9.17, 15) is 18.9 Å². The van der Waals surface area contributed by atoms with Crippen LogP contribution in [0, 0.1) is 0 Å². The van der Waals surface area contributed by atoms with Gasteiger partial charge in [0.2, 0.25) is 0 Å². The molecule has 74 valence electrons. The molecule has 0 spiro atoms. The van der Waals surface area contributed by atoms with Crippen molar-refractivity contribution in [1.29, 1.82) is 0 Å². The van der Waals surface area contributed by atoms with Crippen LogP contribution in [0.4, 0.5) is 0 Å². The van der Waals surface area contributed by atoms with E-state index in [2.05, 4.69) is 10.9 Å². The van der Waals surface area contributed by atoms with Gasteiger partial charge in [-0.25, -0.2) is 0 Å². The quantitative estimate of drug-likeness (QED) is 0.315. The fraction of sp³-hybridized carbons (Fsp3) is 0.500. The molecule has 0 aliphatic rings. The topological polar surface area (TPSA) is 110 Å². The standard InChI is InChI=1S/C4H8O.2K.H4O5P2/c1-4(2)3-5;;;1-6(2)5-7(3)4/h5H,1,3H2,2H3;;;6-7H,(H,1,2)(H,3,4)/q;2*+1;/p-2. The summed E-state index contributed by atoms with van der Waals surface area (Å²) in [5.41, 5.74) is 0.810. The Morgan fingerprint density at radius 3 is 1.57 bits per heavy atom. The first-order valence-corrected chi connectivity index (χ1v) is 5.20. The van der Waals surface area contributed by atoms with Gasteiger partial charge in [0, 0.05) is 0 Å². The third kappa shape index (κ3) is 36.2. The summed E-state index contributed by atoms with van der Waals surface area (Å²) in [6.45, 7) is 5.31. The summed E-state index contributed by atoms with van der Waals surface area (Å²) in [5, 5.41) is 8.04. The van der Waals surface area contributed by atoms with E-state index in [-0.39, 0.29) is 109 Å². The van der Waals surface area contributed by atoms with Gasteiger partial charge >= 0.3 is 103 Å². The van der Waals surface area contributed by atoms with Crippen molar-refractivity contribution in [2.45, 2.75) is 6.92 Å². The first-order valence-electron chi connectivity index (χ1n) is 2.75. The second-order valence-electron chi connectivity index (χ2n) is 1.72. The molecule has 0 radical (unpaired) electrons. The summed E-state index contributed by atoms with van der Waals surface area (Å²) in [6.07, 6.45) is 0. The van der Waals surface area contributed by atoms with Crippen LogP contribution in [0.5, 0.6) is 0 Å². The van der Waals surface area contributed by atoms with Crippen LogP contribution < -0.4 is 113 Å². The molecule has 0 bridgehead atoms. The molecule has 0 aliphatic heterocycles. The Balaban J connectivity index is -0.0000000651. The second-order valence-corrected chi connectivity index (χ2v) is 3.53. The SMILES string of the molecule is C=C(C)CO.O=[PH]([O-])O[PH](=O)[O-].[K+].[K+]. The summed E-state index contributed by atoms with van der Waals surface area (Å²) >= 11 is 0. The van der Waals surface area contributed by atoms with Gasteiger partial charge in [-0.15, -0.1) is 0 Å². The van der Waals surface area contributed by atoms with Crippen molar-refractivity contribution in [2.24, 2.45) is 0 Å². The van der Waals surface area contributed by atoms with Gasteiger partial charge in [-0.05, 0) is 6.92 Å². The summed E-state index contributed by atoms with van der Waals surface area (Å²) < 4.78 is 21.8. The molecule has 0 heterocycles. The molecule has 0 fully saturated rings. The number of hydrogen-bond acceptors (Lipinski definition) is 6. The molecule has 1 N–H and O–H groups in total. The molecule has 0 aliphatic carbocycles. The van der Waals surface area contributed by atoms with Crippen LogP contribution in [0.3, 0.4) is 0 Å². The van der Waals surface area contributed by atoms with E-state index in [1.807, 2.05) is 0 Å². The molecule has 2 unspecified atom stereocenters. The molecule has 10 heteroatoms. The summed E-state index contributed by atoms with van der Waals surface area (Å²) in [6, 6.07) is 0. The van der Waals surface area contributed by atoms with Crippen molar-refractivity contribution in [3.63, 3.8) is 0 Å². The molecule has 0 saturated carbocycles. The van der Waals surface area contributed by atoms with Gasteiger partial charge in [-0.3, -0.25) is 4.31 Å². The molecule has 0 aromatic carbocycles. The fourth-order valence-electron chi connectivity index (χ4n) is 0.0680.